The summed E-state index contributed by atoms with van der Waals surface area (Å²) in [6.45, 7) is 6.56. The molecule has 1 unspecified atom stereocenters. The highest BCUT2D eigenvalue weighted by Crippen LogP contribution is 2.41. The van der Waals surface area contributed by atoms with Crippen LogP contribution in [0.15, 0.2) is 90.0 Å². The van der Waals surface area contributed by atoms with E-state index in [1.54, 1.807) is 6.34 Å². The lowest BCUT2D eigenvalue weighted by atomic mass is 10.0. The van der Waals surface area contributed by atoms with Crippen LogP contribution in [0.5, 0.6) is 5.75 Å². The van der Waals surface area contributed by atoms with Gasteiger partial charge in [0.05, 0.1) is 0 Å². The molecule has 1 aliphatic rings. The molecule has 0 amide bonds. The third-order valence-corrected chi connectivity index (χ3v) is 5.78. The van der Waals surface area contributed by atoms with E-state index in [0.29, 0.717) is 0 Å². The highest BCUT2D eigenvalue weighted by atomic mass is 16.5. The van der Waals surface area contributed by atoms with Crippen LogP contribution in [-0.2, 0) is 0 Å². The van der Waals surface area contributed by atoms with Gasteiger partial charge in [-0.1, -0.05) is 61.3 Å². The van der Waals surface area contributed by atoms with Crippen LogP contribution >= 0.6 is 0 Å². The minimum atomic E-state index is -0.189. The Morgan fingerprint density at radius 2 is 1.47 bits per heavy atom. The maximum absolute atomic E-state index is 6.34. The third-order valence-electron chi connectivity index (χ3n) is 5.78. The van der Waals surface area contributed by atoms with Crippen LogP contribution in [0.1, 0.15) is 46.5 Å². The Bertz CT molecular complexity index is 1020. The SMILES string of the molecule is CCCCCC(C)(C)Oc1ccc([N+]2(c3ccccc3)N=CNN2c2ccccc2)cc1. The van der Waals surface area contributed by atoms with Gasteiger partial charge in [0.15, 0.2) is 17.7 Å². The van der Waals surface area contributed by atoms with Crippen molar-refractivity contribution in [1.29, 1.82) is 0 Å². The summed E-state index contributed by atoms with van der Waals surface area (Å²) in [5.74, 6) is 0.879. The lowest BCUT2D eigenvalue weighted by Gasteiger charge is -2.35. The Morgan fingerprint density at radius 3 is 2.12 bits per heavy atom. The quantitative estimate of drug-likeness (QED) is 0.295. The first kappa shape index (κ1) is 21.9. The van der Waals surface area contributed by atoms with Gasteiger partial charge in [0.1, 0.15) is 17.0 Å². The molecule has 0 spiro atoms. The summed E-state index contributed by atoms with van der Waals surface area (Å²) in [5, 5.41) is 6.96. The van der Waals surface area contributed by atoms with Gasteiger partial charge in [-0.3, -0.25) is 0 Å². The van der Waals surface area contributed by atoms with E-state index in [1.165, 1.54) is 19.3 Å². The van der Waals surface area contributed by atoms with Crippen molar-refractivity contribution in [2.75, 3.05) is 5.12 Å². The summed E-state index contributed by atoms with van der Waals surface area (Å²) in [5.41, 5.74) is 6.20. The second-order valence-corrected chi connectivity index (χ2v) is 8.77. The second kappa shape index (κ2) is 9.45. The maximum atomic E-state index is 6.34. The van der Waals surface area contributed by atoms with Gasteiger partial charge in [0.25, 0.3) is 0 Å². The third kappa shape index (κ3) is 4.48. The van der Waals surface area contributed by atoms with E-state index in [1.807, 2.05) is 36.4 Å². The number of rotatable bonds is 9. The molecule has 1 heterocycles. The molecule has 0 saturated carbocycles. The van der Waals surface area contributed by atoms with Crippen molar-refractivity contribution in [3.8, 4) is 5.75 Å². The molecule has 5 nitrogen and oxygen atoms in total. The number of anilines is 1. The fourth-order valence-corrected chi connectivity index (χ4v) is 4.15. The molecule has 0 radical (unpaired) electrons. The standard InChI is InChI=1S/C27H33N4O/c1-4-5-12-21-27(2,3)32-26-19-17-25(18-20-26)31(24-15-10-7-11-16-24)29-22-28-30(31)23-13-8-6-9-14-23/h6-11,13-20,22H,4-5,12,21H2,1-3H3,(H,28,29)/q+1. The minimum Gasteiger partial charge on any atom is -0.488 e. The highest BCUT2D eigenvalue weighted by molar-refractivity contribution is 5.74. The first-order valence-electron chi connectivity index (χ1n) is 11.5. The average Bonchev–Trinajstić information content (AvgIpc) is 3.27. The van der Waals surface area contributed by atoms with E-state index in [0.717, 1.165) is 29.2 Å². The molecular weight excluding hydrogens is 396 g/mol. The molecule has 1 atom stereocenters. The van der Waals surface area contributed by atoms with Crippen molar-refractivity contribution in [3.05, 3.63) is 84.9 Å². The van der Waals surface area contributed by atoms with Crippen molar-refractivity contribution in [2.45, 2.75) is 52.1 Å². The van der Waals surface area contributed by atoms with E-state index in [9.17, 15) is 0 Å². The number of nitrogens with one attached hydrogen (secondary N) is 1. The van der Waals surface area contributed by atoms with Gasteiger partial charge in [-0.2, -0.15) is 0 Å². The zero-order valence-corrected chi connectivity index (χ0v) is 19.2. The van der Waals surface area contributed by atoms with E-state index in [-0.39, 0.29) is 10.3 Å². The Labute approximate surface area is 191 Å². The van der Waals surface area contributed by atoms with Gasteiger partial charge in [-0.15, -0.1) is 0 Å². The Balaban J connectivity index is 1.67. The number of unbranched alkanes of at least 4 members (excludes halogenated alkanes) is 2. The monoisotopic (exact) mass is 429 g/mol. The topological polar surface area (TPSA) is 36.9 Å². The normalized spacial score (nSPS) is 17.9. The summed E-state index contributed by atoms with van der Waals surface area (Å²) in [6.07, 6.45) is 6.44. The fourth-order valence-electron chi connectivity index (χ4n) is 4.15. The summed E-state index contributed by atoms with van der Waals surface area (Å²) in [6, 6.07) is 28.9. The number of hydrazine groups is 1. The van der Waals surface area contributed by atoms with E-state index >= 15 is 0 Å². The Hall–Kier alpha value is -3.31. The number of ether oxygens (including phenoxy) is 1. The van der Waals surface area contributed by atoms with Gasteiger partial charge in [0, 0.05) is 24.3 Å². The molecule has 4 rings (SSSR count). The molecule has 166 valence electrons. The fraction of sp³-hybridized carbons (Fsp3) is 0.296. The number of benzene rings is 3. The minimum absolute atomic E-state index is 0.172. The van der Waals surface area contributed by atoms with Gasteiger partial charge in [-0.25, -0.2) is 5.43 Å². The average molecular weight is 430 g/mol. The number of hydrogen-bond donors (Lipinski definition) is 1. The molecule has 0 fully saturated rings. The molecule has 0 aromatic heterocycles. The van der Waals surface area contributed by atoms with Gasteiger partial charge in [0.2, 0.25) is 0 Å². The van der Waals surface area contributed by atoms with Crippen molar-refractivity contribution in [2.24, 2.45) is 5.10 Å². The molecule has 3 aromatic carbocycles. The molecule has 5 heteroatoms. The van der Waals surface area contributed by atoms with Crippen LogP contribution in [0.2, 0.25) is 0 Å². The van der Waals surface area contributed by atoms with Crippen LogP contribution in [0.25, 0.3) is 0 Å². The maximum Gasteiger partial charge on any atom is 0.192 e. The highest BCUT2D eigenvalue weighted by Gasteiger charge is 2.45. The lowest BCUT2D eigenvalue weighted by Crippen LogP contribution is -2.55. The van der Waals surface area contributed by atoms with Crippen LogP contribution in [0.4, 0.5) is 17.1 Å². The molecule has 32 heavy (non-hydrogen) atoms. The van der Waals surface area contributed by atoms with Crippen molar-refractivity contribution in [1.82, 2.24) is 10.1 Å². The van der Waals surface area contributed by atoms with E-state index in [4.69, 9.17) is 9.84 Å². The number of para-hydroxylation sites is 2. The van der Waals surface area contributed by atoms with E-state index in [2.05, 4.69) is 79.8 Å². The van der Waals surface area contributed by atoms with Crippen LogP contribution in [0.3, 0.4) is 0 Å². The van der Waals surface area contributed by atoms with Crippen LogP contribution in [-0.4, -0.2) is 11.9 Å². The molecule has 3 aromatic rings. The van der Waals surface area contributed by atoms with E-state index < -0.39 is 0 Å². The molecule has 0 bridgehead atoms. The van der Waals surface area contributed by atoms with Crippen molar-refractivity contribution >= 4 is 23.4 Å². The molecule has 0 saturated heterocycles. The van der Waals surface area contributed by atoms with Gasteiger partial charge < -0.3 is 4.74 Å². The summed E-state index contributed by atoms with van der Waals surface area (Å²) in [4.78, 5) is 0. The first-order chi connectivity index (χ1) is 15.5. The van der Waals surface area contributed by atoms with Gasteiger partial charge >= 0.3 is 0 Å². The largest absolute Gasteiger partial charge is 0.488 e. The van der Waals surface area contributed by atoms with Crippen LogP contribution < -0.4 is 20.0 Å². The summed E-state index contributed by atoms with van der Waals surface area (Å²) >= 11 is 0. The summed E-state index contributed by atoms with van der Waals surface area (Å²) < 4.78 is 6.51. The number of hydrogen-bond acceptors (Lipinski definition) is 4. The van der Waals surface area contributed by atoms with Gasteiger partial charge in [-0.05, 0) is 60.8 Å². The Kier molecular flexibility index (Phi) is 6.47. The van der Waals surface area contributed by atoms with Crippen molar-refractivity contribution in [3.63, 3.8) is 0 Å². The molecule has 1 N–H and O–H groups in total. The zero-order chi connectivity index (χ0) is 22.4. The van der Waals surface area contributed by atoms with Crippen molar-refractivity contribution < 1.29 is 4.74 Å². The number of quaternary nitrogens is 1. The smallest absolute Gasteiger partial charge is 0.192 e. The summed E-state index contributed by atoms with van der Waals surface area (Å²) in [7, 11) is 0. The first-order valence-corrected chi connectivity index (χ1v) is 11.5. The zero-order valence-electron chi connectivity index (χ0n) is 19.2. The number of nitrogens with zero attached hydrogens (tertiary/aromatic N) is 3. The Morgan fingerprint density at radius 1 is 0.844 bits per heavy atom. The van der Waals surface area contributed by atoms with Crippen LogP contribution in [0, 0.1) is 0 Å². The molecular formula is C27H33N4O+. The molecule has 0 aliphatic carbocycles. The predicted octanol–water partition coefficient (Wildman–Crippen LogP) is 6.95. The predicted molar refractivity (Wildman–Crippen MR) is 134 cm³/mol. The molecule has 1 aliphatic heterocycles. The lowest BCUT2D eigenvalue weighted by molar-refractivity contribution is 0.0962. The second-order valence-electron chi connectivity index (χ2n) is 8.77.